The molecule has 1 saturated heterocycles. The Morgan fingerprint density at radius 3 is 2.35 bits per heavy atom. The van der Waals surface area contributed by atoms with Gasteiger partial charge in [0.25, 0.3) is 5.91 Å². The van der Waals surface area contributed by atoms with Crippen molar-refractivity contribution in [1.29, 1.82) is 0 Å². The van der Waals surface area contributed by atoms with E-state index in [1.54, 1.807) is 35.5 Å². The number of amides is 2. The number of carbonyl (C=O) groups is 2. The van der Waals surface area contributed by atoms with Gasteiger partial charge >= 0.3 is 0 Å². The number of aromatic nitrogens is 2. The predicted octanol–water partition coefficient (Wildman–Crippen LogP) is 2.27. The zero-order chi connectivity index (χ0) is 23.5. The van der Waals surface area contributed by atoms with Crippen LogP contribution in [0.1, 0.15) is 48.3 Å². The molecule has 1 aliphatic heterocycles. The number of nitrogens with one attached hydrogen (secondary N) is 1. The molecule has 2 amide bonds. The molecule has 0 unspecified atom stereocenters. The molecule has 9 heteroatoms. The third kappa shape index (κ3) is 4.93. The Morgan fingerprint density at radius 2 is 1.71 bits per heavy atom. The van der Waals surface area contributed by atoms with Crippen molar-refractivity contribution in [3.05, 3.63) is 59.9 Å². The molecule has 2 aromatic rings. The number of nitrogens with zero attached hydrogens (tertiary/aromatic N) is 5. The van der Waals surface area contributed by atoms with E-state index >= 15 is 0 Å². The van der Waals surface area contributed by atoms with Crippen LogP contribution >= 0.6 is 0 Å². The van der Waals surface area contributed by atoms with E-state index in [0.717, 1.165) is 12.3 Å². The van der Waals surface area contributed by atoms with Crippen molar-refractivity contribution in [3.63, 3.8) is 0 Å². The molecule has 1 N–H and O–H groups in total. The third-order valence-corrected chi connectivity index (χ3v) is 6.74. The predicted molar refractivity (Wildman–Crippen MR) is 125 cm³/mol. The van der Waals surface area contributed by atoms with Gasteiger partial charge in [-0.1, -0.05) is 25.0 Å². The Hall–Kier alpha value is -3.36. The second-order valence-corrected chi connectivity index (χ2v) is 9.29. The van der Waals surface area contributed by atoms with Gasteiger partial charge < -0.3 is 15.1 Å². The van der Waals surface area contributed by atoms with E-state index in [2.05, 4.69) is 15.3 Å². The van der Waals surface area contributed by atoms with Crippen molar-refractivity contribution in [2.45, 2.75) is 37.6 Å². The molecule has 8 nitrogen and oxygen atoms in total. The summed E-state index contributed by atoms with van der Waals surface area (Å²) in [5.74, 6) is 0.937. The van der Waals surface area contributed by atoms with Crippen LogP contribution < -0.4 is 5.32 Å². The molecule has 2 aliphatic carbocycles. The van der Waals surface area contributed by atoms with Gasteiger partial charge in [-0.3, -0.25) is 9.59 Å². The third-order valence-electron chi connectivity index (χ3n) is 6.74. The number of hydrogen-bond donors (Lipinski definition) is 1. The molecule has 0 atom stereocenters. The second-order valence-electron chi connectivity index (χ2n) is 9.29. The number of amidine groups is 1. The summed E-state index contributed by atoms with van der Waals surface area (Å²) < 4.78 is 14.1. The summed E-state index contributed by atoms with van der Waals surface area (Å²) in [6, 6.07) is 7.78. The smallest absolute Gasteiger partial charge is 0.256 e. The molecule has 178 valence electrons. The van der Waals surface area contributed by atoms with Crippen LogP contribution in [0.25, 0.3) is 0 Å². The normalized spacial score (nSPS) is 19.6. The minimum absolute atomic E-state index is 0.0325. The molecule has 34 heavy (non-hydrogen) atoms. The second kappa shape index (κ2) is 9.48. The highest BCUT2D eigenvalue weighted by Gasteiger charge is 2.51. The highest BCUT2D eigenvalue weighted by atomic mass is 19.1. The average Bonchev–Trinajstić information content (AvgIpc) is 3.80. The fraction of sp³-hybridized carbons (Fsp3) is 0.480. The van der Waals surface area contributed by atoms with Crippen LogP contribution in [0, 0.1) is 11.7 Å². The van der Waals surface area contributed by atoms with Gasteiger partial charge in [0.1, 0.15) is 11.4 Å². The number of piperazine rings is 1. The first-order chi connectivity index (χ1) is 16.6. The van der Waals surface area contributed by atoms with Crippen molar-refractivity contribution < 1.29 is 14.0 Å². The maximum Gasteiger partial charge on any atom is 0.256 e. The Kier molecular flexibility index (Phi) is 6.26. The number of aliphatic imine (C=N–C) groups is 1. The Morgan fingerprint density at radius 1 is 1.03 bits per heavy atom. The molecule has 1 aromatic carbocycles. The molecule has 0 bridgehead atoms. The van der Waals surface area contributed by atoms with Crippen molar-refractivity contribution >= 4 is 17.6 Å². The Bertz CT molecular complexity index is 1080. The molecule has 3 fully saturated rings. The van der Waals surface area contributed by atoms with Gasteiger partial charge in [-0.05, 0) is 43.4 Å². The topological polar surface area (TPSA) is 90.8 Å². The summed E-state index contributed by atoms with van der Waals surface area (Å²) >= 11 is 0. The van der Waals surface area contributed by atoms with Crippen molar-refractivity contribution in [3.8, 4) is 0 Å². The van der Waals surface area contributed by atoms with E-state index in [4.69, 9.17) is 4.99 Å². The highest BCUT2D eigenvalue weighted by molar-refractivity contribution is 6.00. The summed E-state index contributed by atoms with van der Waals surface area (Å²) in [5.41, 5.74) is -0.686. The molecule has 0 spiro atoms. The van der Waals surface area contributed by atoms with Crippen LogP contribution in [0.3, 0.4) is 0 Å². The van der Waals surface area contributed by atoms with Crippen molar-refractivity contribution in [2.75, 3.05) is 32.7 Å². The lowest BCUT2D eigenvalue weighted by molar-refractivity contribution is -0.123. The number of halogens is 1. The summed E-state index contributed by atoms with van der Waals surface area (Å²) in [6.45, 7) is 2.52. The maximum atomic E-state index is 14.1. The van der Waals surface area contributed by atoms with E-state index in [1.165, 1.54) is 25.0 Å². The monoisotopic (exact) mass is 464 g/mol. The fourth-order valence-electron chi connectivity index (χ4n) is 4.27. The zero-order valence-corrected chi connectivity index (χ0v) is 19.1. The summed E-state index contributed by atoms with van der Waals surface area (Å²) in [4.78, 5) is 43.1. The molecule has 0 radical (unpaired) electrons. The lowest BCUT2D eigenvalue weighted by Gasteiger charge is -2.36. The summed E-state index contributed by atoms with van der Waals surface area (Å²) in [7, 11) is 0. The molecule has 3 aliphatic rings. The minimum atomic E-state index is -0.766. The minimum Gasteiger partial charge on any atom is -0.354 e. The van der Waals surface area contributed by atoms with Crippen LogP contribution in [0.15, 0.2) is 47.7 Å². The van der Waals surface area contributed by atoms with Crippen LogP contribution in [0.5, 0.6) is 0 Å². The highest BCUT2D eigenvalue weighted by Crippen LogP contribution is 2.41. The van der Waals surface area contributed by atoms with Crippen LogP contribution in [0.2, 0.25) is 0 Å². The van der Waals surface area contributed by atoms with E-state index in [9.17, 15) is 14.0 Å². The van der Waals surface area contributed by atoms with Gasteiger partial charge in [-0.2, -0.15) is 0 Å². The average molecular weight is 465 g/mol. The number of hydrogen-bond acceptors (Lipinski definition) is 5. The van der Waals surface area contributed by atoms with Gasteiger partial charge in [0.2, 0.25) is 5.91 Å². The maximum absolute atomic E-state index is 14.1. The first-order valence-electron chi connectivity index (χ1n) is 12.0. The first-order valence-corrected chi connectivity index (χ1v) is 12.0. The first kappa shape index (κ1) is 22.4. The van der Waals surface area contributed by atoms with Crippen molar-refractivity contribution in [2.24, 2.45) is 10.9 Å². The van der Waals surface area contributed by atoms with Gasteiger partial charge in [-0.25, -0.2) is 19.4 Å². The lowest BCUT2D eigenvalue weighted by Crippen LogP contribution is -2.52. The quantitative estimate of drug-likeness (QED) is 0.502. The fourth-order valence-corrected chi connectivity index (χ4v) is 4.27. The van der Waals surface area contributed by atoms with Gasteiger partial charge in [-0.15, -0.1) is 0 Å². The molecule has 1 aromatic heterocycles. The number of rotatable bonds is 7. The number of carbonyl (C=O) groups excluding carboxylic acids is 2. The van der Waals surface area contributed by atoms with Crippen LogP contribution in [-0.4, -0.2) is 75.7 Å². The van der Waals surface area contributed by atoms with Gasteiger partial charge in [0.05, 0.1) is 5.56 Å². The largest absolute Gasteiger partial charge is 0.354 e. The van der Waals surface area contributed by atoms with E-state index in [0.29, 0.717) is 57.2 Å². The molecule has 2 saturated carbocycles. The van der Waals surface area contributed by atoms with Crippen LogP contribution in [0.4, 0.5) is 4.39 Å². The molecular weight excluding hydrogens is 435 g/mol. The Labute approximate surface area is 198 Å². The SMILES string of the molecule is O=C(c1ccccc1F)N1CCN(C(=NC2(C(=O)NCCC3CC3)CC2)c2ncccn2)CC1. The van der Waals surface area contributed by atoms with E-state index in [1.807, 2.05) is 4.90 Å². The molecule has 2 heterocycles. The van der Waals surface area contributed by atoms with Crippen LogP contribution in [-0.2, 0) is 4.79 Å². The van der Waals surface area contributed by atoms with Gasteiger partial charge in [0.15, 0.2) is 11.7 Å². The Balaban J connectivity index is 1.30. The van der Waals surface area contributed by atoms with E-state index in [-0.39, 0.29) is 17.4 Å². The zero-order valence-electron chi connectivity index (χ0n) is 19.1. The standard InChI is InChI=1S/C25H29FN6O2/c26-20-5-2-1-4-19(20)23(33)32-16-14-31(15-17-32)22(21-27-11-3-12-28-21)30-25(9-10-25)24(34)29-13-8-18-6-7-18/h1-5,11-12,18H,6-10,13-17H2,(H,29,34). The summed E-state index contributed by atoms with van der Waals surface area (Å²) in [6.07, 6.45) is 8.27. The van der Waals surface area contributed by atoms with Gasteiger partial charge in [0, 0.05) is 45.1 Å². The van der Waals surface area contributed by atoms with E-state index < -0.39 is 11.4 Å². The molecule has 5 rings (SSSR count). The molecular formula is C25H29FN6O2. The van der Waals surface area contributed by atoms with Crippen molar-refractivity contribution in [1.82, 2.24) is 25.1 Å². The lowest BCUT2D eigenvalue weighted by atomic mass is 10.1. The summed E-state index contributed by atoms with van der Waals surface area (Å²) in [5, 5.41) is 3.07. The number of benzene rings is 1.